The lowest BCUT2D eigenvalue weighted by atomic mass is 9.86. The van der Waals surface area contributed by atoms with E-state index in [4.69, 9.17) is 4.74 Å². The number of rotatable bonds is 4. The molecule has 0 fully saturated rings. The molecular weight excluding hydrogens is 374 g/mol. The lowest BCUT2D eigenvalue weighted by Gasteiger charge is -2.34. The van der Waals surface area contributed by atoms with Crippen LogP contribution in [0.3, 0.4) is 0 Å². The lowest BCUT2D eigenvalue weighted by molar-refractivity contribution is 0.0224. The Kier molecular flexibility index (Phi) is 6.36. The first-order chi connectivity index (χ1) is 14.3. The number of benzene rings is 2. The minimum atomic E-state index is -0.538. The van der Waals surface area contributed by atoms with Gasteiger partial charge < -0.3 is 14.5 Å². The van der Waals surface area contributed by atoms with Gasteiger partial charge in [-0.05, 0) is 69.4 Å². The molecule has 1 heterocycles. The molecule has 0 radical (unpaired) electrons. The van der Waals surface area contributed by atoms with Crippen LogP contribution in [0.5, 0.6) is 0 Å². The Bertz CT molecular complexity index is 951. The quantitative estimate of drug-likeness (QED) is 0.687. The molecule has 2 aromatic carbocycles. The summed E-state index contributed by atoms with van der Waals surface area (Å²) in [6.45, 7) is 12.5. The molecule has 0 spiro atoms. The molecule has 3 rings (SSSR count). The molecule has 0 aliphatic carbocycles. The predicted molar refractivity (Wildman–Crippen MR) is 121 cm³/mol. The zero-order chi connectivity index (χ0) is 21.9. The molecular formula is C25H31N3O2. The first kappa shape index (κ1) is 21.7. The van der Waals surface area contributed by atoms with Gasteiger partial charge in [-0.1, -0.05) is 30.3 Å². The molecule has 0 saturated heterocycles. The number of hydrogen-bond donors (Lipinski definition) is 0. The molecule has 0 atom stereocenters. The second-order valence-corrected chi connectivity index (χ2v) is 8.58. The van der Waals surface area contributed by atoms with E-state index >= 15 is 0 Å². The van der Waals surface area contributed by atoms with Crippen molar-refractivity contribution >= 4 is 11.8 Å². The van der Waals surface area contributed by atoms with Crippen molar-refractivity contribution in [3.05, 3.63) is 53.1 Å². The molecule has 1 amide bonds. The molecule has 1 aliphatic rings. The van der Waals surface area contributed by atoms with Crippen LogP contribution >= 0.6 is 0 Å². The molecule has 5 heteroatoms. The van der Waals surface area contributed by atoms with Crippen LogP contribution in [-0.4, -0.2) is 36.2 Å². The minimum Gasteiger partial charge on any atom is -0.444 e. The van der Waals surface area contributed by atoms with Crippen molar-refractivity contribution in [3.63, 3.8) is 0 Å². The van der Waals surface area contributed by atoms with Gasteiger partial charge >= 0.3 is 6.09 Å². The number of hydrogen-bond acceptors (Lipinski definition) is 4. The van der Waals surface area contributed by atoms with Crippen LogP contribution in [0.25, 0.3) is 11.1 Å². The summed E-state index contributed by atoms with van der Waals surface area (Å²) in [4.78, 5) is 16.7. The van der Waals surface area contributed by atoms with E-state index in [0.29, 0.717) is 19.5 Å². The average Bonchev–Trinajstić information content (AvgIpc) is 2.73. The van der Waals surface area contributed by atoms with Crippen molar-refractivity contribution in [2.24, 2.45) is 0 Å². The lowest BCUT2D eigenvalue weighted by Crippen LogP contribution is -2.40. The second kappa shape index (κ2) is 8.79. The van der Waals surface area contributed by atoms with E-state index in [0.717, 1.165) is 46.6 Å². The monoisotopic (exact) mass is 405 g/mol. The highest BCUT2D eigenvalue weighted by atomic mass is 16.6. The summed E-state index contributed by atoms with van der Waals surface area (Å²) < 4.78 is 5.60. The summed E-state index contributed by atoms with van der Waals surface area (Å²) >= 11 is 0. The van der Waals surface area contributed by atoms with Gasteiger partial charge in [0, 0.05) is 26.2 Å². The normalized spacial score (nSPS) is 13.4. The molecule has 2 aromatic rings. The molecule has 158 valence electrons. The number of nitrogens with zero attached hydrogens (tertiary/aromatic N) is 3. The number of ether oxygens (including phenoxy) is 1. The van der Waals surface area contributed by atoms with Crippen molar-refractivity contribution in [1.29, 1.82) is 5.26 Å². The van der Waals surface area contributed by atoms with E-state index in [1.165, 1.54) is 0 Å². The second-order valence-electron chi connectivity index (χ2n) is 8.58. The van der Waals surface area contributed by atoms with Crippen molar-refractivity contribution < 1.29 is 9.53 Å². The van der Waals surface area contributed by atoms with E-state index in [-0.39, 0.29) is 6.09 Å². The third-order valence-corrected chi connectivity index (χ3v) is 5.46. The third kappa shape index (κ3) is 4.43. The molecule has 5 nitrogen and oxygen atoms in total. The van der Waals surface area contributed by atoms with Crippen LogP contribution in [0.15, 0.2) is 36.4 Å². The fourth-order valence-electron chi connectivity index (χ4n) is 4.03. The molecule has 1 aliphatic heterocycles. The number of carbonyl (C=O) groups is 1. The average molecular weight is 406 g/mol. The van der Waals surface area contributed by atoms with Crippen LogP contribution in [0.1, 0.15) is 51.3 Å². The predicted octanol–water partition coefficient (Wildman–Crippen LogP) is 5.36. The highest BCUT2D eigenvalue weighted by Crippen LogP contribution is 2.38. The summed E-state index contributed by atoms with van der Waals surface area (Å²) in [7, 11) is 0. The summed E-state index contributed by atoms with van der Waals surface area (Å²) in [5.74, 6) is 0. The third-order valence-electron chi connectivity index (χ3n) is 5.46. The van der Waals surface area contributed by atoms with Gasteiger partial charge in [0.15, 0.2) is 0 Å². The van der Waals surface area contributed by atoms with E-state index < -0.39 is 5.60 Å². The fraction of sp³-hybridized carbons (Fsp3) is 0.440. The van der Waals surface area contributed by atoms with Gasteiger partial charge in [-0.2, -0.15) is 5.26 Å². The van der Waals surface area contributed by atoms with Gasteiger partial charge in [0.2, 0.25) is 0 Å². The minimum absolute atomic E-state index is 0.307. The van der Waals surface area contributed by atoms with Gasteiger partial charge in [-0.25, -0.2) is 4.79 Å². The Balaban J connectivity index is 2.14. The highest BCUT2D eigenvalue weighted by Gasteiger charge is 2.30. The number of fused-ring (bicyclic) bond motifs is 1. The van der Waals surface area contributed by atoms with Gasteiger partial charge in [-0.15, -0.1) is 0 Å². The van der Waals surface area contributed by atoms with Gasteiger partial charge in [0.1, 0.15) is 11.7 Å². The maximum Gasteiger partial charge on any atom is 0.410 e. The maximum absolute atomic E-state index is 12.7. The molecule has 30 heavy (non-hydrogen) atoms. The van der Waals surface area contributed by atoms with Crippen LogP contribution in [0.2, 0.25) is 0 Å². The Morgan fingerprint density at radius 3 is 2.40 bits per heavy atom. The Hall–Kier alpha value is -3.00. The SMILES string of the molecule is CCN(CC)c1cc(-c2ccccc2)c2c(c1C#N)CCN(C(=O)OC(C)(C)C)C2. The van der Waals surface area contributed by atoms with Crippen molar-refractivity contribution in [2.45, 2.75) is 53.2 Å². The molecule has 0 saturated carbocycles. The Morgan fingerprint density at radius 1 is 1.17 bits per heavy atom. The summed E-state index contributed by atoms with van der Waals surface area (Å²) in [6.07, 6.45) is 0.338. The fourth-order valence-corrected chi connectivity index (χ4v) is 4.03. The molecule has 0 aromatic heterocycles. The Morgan fingerprint density at radius 2 is 1.83 bits per heavy atom. The van der Waals surface area contributed by atoms with E-state index in [2.05, 4.69) is 43.0 Å². The van der Waals surface area contributed by atoms with Gasteiger partial charge in [-0.3, -0.25) is 0 Å². The largest absolute Gasteiger partial charge is 0.444 e. The molecule has 0 bridgehead atoms. The van der Waals surface area contributed by atoms with Gasteiger partial charge in [0.05, 0.1) is 11.3 Å². The van der Waals surface area contributed by atoms with Crippen LogP contribution in [0, 0.1) is 11.3 Å². The van der Waals surface area contributed by atoms with Crippen molar-refractivity contribution in [3.8, 4) is 17.2 Å². The topological polar surface area (TPSA) is 56.6 Å². The standard InChI is InChI=1S/C25H31N3O2/c1-6-27(7-2)23-15-20(18-11-9-8-10-12-18)22-17-28(24(29)30-25(3,4)5)14-13-19(22)21(23)16-26/h8-12,15H,6-7,13-14,17H2,1-5H3. The summed E-state index contributed by atoms with van der Waals surface area (Å²) in [6, 6.07) is 14.8. The van der Waals surface area contributed by atoms with Gasteiger partial charge in [0.25, 0.3) is 0 Å². The van der Waals surface area contributed by atoms with E-state index in [9.17, 15) is 10.1 Å². The van der Waals surface area contributed by atoms with Crippen LogP contribution in [0.4, 0.5) is 10.5 Å². The first-order valence-corrected chi connectivity index (χ1v) is 10.7. The number of nitriles is 1. The van der Waals surface area contributed by atoms with E-state index in [1.54, 1.807) is 4.90 Å². The molecule has 0 N–H and O–H groups in total. The Labute approximate surface area is 179 Å². The first-order valence-electron chi connectivity index (χ1n) is 10.7. The van der Waals surface area contributed by atoms with E-state index in [1.807, 2.05) is 39.0 Å². The smallest absolute Gasteiger partial charge is 0.410 e. The zero-order valence-corrected chi connectivity index (χ0v) is 18.7. The maximum atomic E-state index is 12.7. The number of amides is 1. The summed E-state index contributed by atoms with van der Waals surface area (Å²) in [5, 5.41) is 10.0. The number of carbonyl (C=O) groups excluding carboxylic acids is 1. The van der Waals surface area contributed by atoms with Crippen LogP contribution < -0.4 is 4.90 Å². The zero-order valence-electron chi connectivity index (χ0n) is 18.7. The summed E-state index contributed by atoms with van der Waals surface area (Å²) in [5.41, 5.74) is 5.45. The number of anilines is 1. The highest BCUT2D eigenvalue weighted by molar-refractivity contribution is 5.80. The van der Waals surface area contributed by atoms with Crippen molar-refractivity contribution in [1.82, 2.24) is 4.90 Å². The molecule has 0 unspecified atom stereocenters. The van der Waals surface area contributed by atoms with Crippen LogP contribution in [-0.2, 0) is 17.7 Å². The van der Waals surface area contributed by atoms with Crippen molar-refractivity contribution in [2.75, 3.05) is 24.5 Å².